The Balaban J connectivity index is 1.73. The summed E-state index contributed by atoms with van der Waals surface area (Å²) >= 11 is 0. The van der Waals surface area contributed by atoms with Gasteiger partial charge in [0, 0.05) is 11.4 Å². The average Bonchev–Trinajstić information content (AvgIpc) is 3.00. The van der Waals surface area contributed by atoms with Gasteiger partial charge in [0.15, 0.2) is 9.84 Å². The Morgan fingerprint density at radius 1 is 1.07 bits per heavy atom. The standard InChI is InChI=1S/C19H19F3N2O3S/c20-19(21,22)14-6-8-15(9-7-14)23-12-18(25)24(16-4-2-1-3-5-16)17-10-11-28(26,27)13-17/h1-9,17,23H,10-13H2/t17-/m0/s1. The number of para-hydroxylation sites is 1. The van der Waals surface area contributed by atoms with E-state index in [1.807, 2.05) is 0 Å². The number of carbonyl (C=O) groups excluding carboxylic acids is 1. The molecule has 0 bridgehead atoms. The van der Waals surface area contributed by atoms with Crippen molar-refractivity contribution in [3.63, 3.8) is 0 Å². The fourth-order valence-corrected chi connectivity index (χ4v) is 4.87. The number of sulfone groups is 1. The fraction of sp³-hybridized carbons (Fsp3) is 0.316. The van der Waals surface area contributed by atoms with E-state index >= 15 is 0 Å². The van der Waals surface area contributed by atoms with Gasteiger partial charge in [-0.1, -0.05) is 18.2 Å². The Morgan fingerprint density at radius 3 is 2.25 bits per heavy atom. The van der Waals surface area contributed by atoms with Crippen LogP contribution in [0.15, 0.2) is 54.6 Å². The minimum Gasteiger partial charge on any atom is -0.376 e. The predicted octanol–water partition coefficient (Wildman–Crippen LogP) is 3.34. The van der Waals surface area contributed by atoms with Crippen molar-refractivity contribution in [1.29, 1.82) is 0 Å². The Labute approximate surface area is 161 Å². The topological polar surface area (TPSA) is 66.5 Å². The highest BCUT2D eigenvalue weighted by Crippen LogP contribution is 2.30. The summed E-state index contributed by atoms with van der Waals surface area (Å²) in [5.41, 5.74) is 0.184. The molecule has 1 amide bonds. The first-order chi connectivity index (χ1) is 13.2. The minimum atomic E-state index is -4.42. The van der Waals surface area contributed by atoms with Crippen molar-refractivity contribution in [3.8, 4) is 0 Å². The second kappa shape index (κ2) is 7.83. The second-order valence-corrected chi connectivity index (χ2v) is 8.81. The molecule has 150 valence electrons. The second-order valence-electron chi connectivity index (χ2n) is 6.58. The van der Waals surface area contributed by atoms with Crippen LogP contribution in [-0.4, -0.2) is 38.4 Å². The molecule has 1 N–H and O–H groups in total. The number of amides is 1. The van der Waals surface area contributed by atoms with Crippen LogP contribution in [0.4, 0.5) is 24.5 Å². The molecule has 3 rings (SSSR count). The van der Waals surface area contributed by atoms with Gasteiger partial charge in [0.2, 0.25) is 5.91 Å². The lowest BCUT2D eigenvalue weighted by atomic mass is 10.1. The van der Waals surface area contributed by atoms with Gasteiger partial charge < -0.3 is 10.2 Å². The molecule has 5 nitrogen and oxygen atoms in total. The molecule has 2 aromatic carbocycles. The van der Waals surface area contributed by atoms with Crippen LogP contribution in [0.5, 0.6) is 0 Å². The number of hydrogen-bond acceptors (Lipinski definition) is 4. The van der Waals surface area contributed by atoms with Crippen molar-refractivity contribution in [1.82, 2.24) is 0 Å². The Bertz CT molecular complexity index is 929. The van der Waals surface area contributed by atoms with E-state index in [1.54, 1.807) is 30.3 Å². The van der Waals surface area contributed by atoms with E-state index in [0.717, 1.165) is 12.1 Å². The molecule has 1 heterocycles. The summed E-state index contributed by atoms with van der Waals surface area (Å²) in [5, 5.41) is 2.81. The van der Waals surface area contributed by atoms with Crippen LogP contribution in [0.25, 0.3) is 0 Å². The van der Waals surface area contributed by atoms with Crippen LogP contribution in [0.3, 0.4) is 0 Å². The molecule has 1 saturated heterocycles. The van der Waals surface area contributed by atoms with Crippen LogP contribution < -0.4 is 10.2 Å². The maximum atomic E-state index is 12.8. The van der Waals surface area contributed by atoms with Crippen molar-refractivity contribution < 1.29 is 26.4 Å². The number of anilines is 2. The summed E-state index contributed by atoms with van der Waals surface area (Å²) in [7, 11) is -3.19. The minimum absolute atomic E-state index is 0.0284. The maximum absolute atomic E-state index is 12.8. The molecule has 28 heavy (non-hydrogen) atoms. The smallest absolute Gasteiger partial charge is 0.376 e. The van der Waals surface area contributed by atoms with Gasteiger partial charge in [-0.15, -0.1) is 0 Å². The summed E-state index contributed by atoms with van der Waals surface area (Å²) in [6.45, 7) is -0.170. The first-order valence-corrected chi connectivity index (χ1v) is 10.5. The largest absolute Gasteiger partial charge is 0.416 e. The zero-order valence-corrected chi connectivity index (χ0v) is 15.6. The number of halogens is 3. The third-order valence-electron chi connectivity index (χ3n) is 4.53. The Hall–Kier alpha value is -2.55. The molecule has 1 aliphatic heterocycles. The fourth-order valence-electron chi connectivity index (χ4n) is 3.17. The molecular weight excluding hydrogens is 393 g/mol. The molecule has 0 radical (unpaired) electrons. The van der Waals surface area contributed by atoms with Crippen molar-refractivity contribution in [3.05, 3.63) is 60.2 Å². The Morgan fingerprint density at radius 2 is 1.71 bits per heavy atom. The molecule has 0 aliphatic carbocycles. The summed E-state index contributed by atoms with van der Waals surface area (Å²) in [5.74, 6) is -0.428. The van der Waals surface area contributed by atoms with Crippen LogP contribution in [0.2, 0.25) is 0 Å². The normalized spacial score (nSPS) is 18.6. The van der Waals surface area contributed by atoms with E-state index in [1.165, 1.54) is 17.0 Å². The molecule has 0 unspecified atom stereocenters. The van der Waals surface area contributed by atoms with Crippen LogP contribution >= 0.6 is 0 Å². The molecule has 0 aromatic heterocycles. The van der Waals surface area contributed by atoms with Gasteiger partial charge in [0.05, 0.1) is 29.7 Å². The SMILES string of the molecule is O=C(CNc1ccc(C(F)(F)F)cc1)N(c1ccccc1)[C@H]1CCS(=O)(=O)C1. The molecule has 1 aliphatic rings. The number of hydrogen-bond donors (Lipinski definition) is 1. The van der Waals surface area contributed by atoms with Crippen molar-refractivity contribution in [2.75, 3.05) is 28.3 Å². The molecule has 2 aromatic rings. The van der Waals surface area contributed by atoms with E-state index in [0.29, 0.717) is 17.8 Å². The van der Waals surface area contributed by atoms with E-state index in [4.69, 9.17) is 0 Å². The monoisotopic (exact) mass is 412 g/mol. The van der Waals surface area contributed by atoms with Gasteiger partial charge in [-0.05, 0) is 42.8 Å². The first-order valence-electron chi connectivity index (χ1n) is 8.64. The lowest BCUT2D eigenvalue weighted by molar-refractivity contribution is -0.137. The van der Waals surface area contributed by atoms with Crippen molar-refractivity contribution in [2.45, 2.75) is 18.6 Å². The number of alkyl halides is 3. The summed E-state index contributed by atoms with van der Waals surface area (Å²) in [4.78, 5) is 14.3. The average molecular weight is 412 g/mol. The first kappa shape index (κ1) is 20.2. The lowest BCUT2D eigenvalue weighted by Gasteiger charge is -2.28. The number of nitrogens with one attached hydrogen (secondary N) is 1. The van der Waals surface area contributed by atoms with E-state index in [2.05, 4.69) is 5.32 Å². The van der Waals surface area contributed by atoms with E-state index in [-0.39, 0.29) is 24.0 Å². The number of nitrogens with zero attached hydrogens (tertiary/aromatic N) is 1. The highest BCUT2D eigenvalue weighted by molar-refractivity contribution is 7.91. The van der Waals surface area contributed by atoms with Crippen LogP contribution in [0, 0.1) is 0 Å². The van der Waals surface area contributed by atoms with Gasteiger partial charge in [0.1, 0.15) is 0 Å². The predicted molar refractivity (Wildman–Crippen MR) is 101 cm³/mol. The molecular formula is C19H19F3N2O3S. The van der Waals surface area contributed by atoms with E-state index in [9.17, 15) is 26.4 Å². The zero-order valence-electron chi connectivity index (χ0n) is 14.8. The third kappa shape index (κ3) is 4.83. The number of carbonyl (C=O) groups is 1. The van der Waals surface area contributed by atoms with Gasteiger partial charge >= 0.3 is 6.18 Å². The summed E-state index contributed by atoms with van der Waals surface area (Å²) < 4.78 is 61.6. The summed E-state index contributed by atoms with van der Waals surface area (Å²) in [6, 6.07) is 12.7. The molecule has 9 heteroatoms. The van der Waals surface area contributed by atoms with Crippen molar-refractivity contribution >= 4 is 27.1 Å². The third-order valence-corrected chi connectivity index (χ3v) is 6.28. The lowest BCUT2D eigenvalue weighted by Crippen LogP contribution is -2.44. The molecule has 0 saturated carbocycles. The van der Waals surface area contributed by atoms with Gasteiger partial charge in [-0.2, -0.15) is 13.2 Å². The highest BCUT2D eigenvalue weighted by atomic mass is 32.2. The summed E-state index contributed by atoms with van der Waals surface area (Å²) in [6.07, 6.45) is -4.07. The molecule has 1 fully saturated rings. The Kier molecular flexibility index (Phi) is 5.64. The number of benzene rings is 2. The van der Waals surface area contributed by atoms with Crippen molar-refractivity contribution in [2.24, 2.45) is 0 Å². The van der Waals surface area contributed by atoms with Gasteiger partial charge in [-0.3, -0.25) is 4.79 Å². The number of rotatable bonds is 5. The van der Waals surface area contributed by atoms with Crippen LogP contribution in [-0.2, 0) is 20.8 Å². The van der Waals surface area contributed by atoms with Gasteiger partial charge in [0.25, 0.3) is 0 Å². The van der Waals surface area contributed by atoms with E-state index < -0.39 is 27.6 Å². The van der Waals surface area contributed by atoms with Gasteiger partial charge in [-0.25, -0.2) is 8.42 Å². The molecule has 1 atom stereocenters. The van der Waals surface area contributed by atoms with Crippen LogP contribution in [0.1, 0.15) is 12.0 Å². The maximum Gasteiger partial charge on any atom is 0.416 e. The molecule has 0 spiro atoms. The quantitative estimate of drug-likeness (QED) is 0.818. The zero-order chi connectivity index (χ0) is 20.4. The highest BCUT2D eigenvalue weighted by Gasteiger charge is 2.35.